The van der Waals surface area contributed by atoms with Crippen LogP contribution in [-0.4, -0.2) is 27.7 Å². The van der Waals surface area contributed by atoms with Gasteiger partial charge in [-0.3, -0.25) is 4.40 Å². The summed E-state index contributed by atoms with van der Waals surface area (Å²) in [6.07, 6.45) is 6.97. The molecule has 5 nitrogen and oxygen atoms in total. The summed E-state index contributed by atoms with van der Waals surface area (Å²) in [6, 6.07) is 9.54. The van der Waals surface area contributed by atoms with Crippen molar-refractivity contribution in [1.82, 2.24) is 14.6 Å². The van der Waals surface area contributed by atoms with Gasteiger partial charge in [-0.1, -0.05) is 30.5 Å². The highest BCUT2D eigenvalue weighted by Crippen LogP contribution is 2.32. The molecule has 1 saturated heterocycles. The Morgan fingerprint density at radius 2 is 1.72 bits per heavy atom. The number of anilines is 1. The van der Waals surface area contributed by atoms with Gasteiger partial charge in [-0.05, 0) is 44.0 Å². The van der Waals surface area contributed by atoms with Crippen molar-refractivity contribution in [3.8, 4) is 11.5 Å². The van der Waals surface area contributed by atoms with Gasteiger partial charge in [0.1, 0.15) is 5.75 Å². The lowest BCUT2D eigenvalue weighted by molar-refractivity contribution is 0.481. The van der Waals surface area contributed by atoms with Gasteiger partial charge in [0.25, 0.3) is 0 Å². The van der Waals surface area contributed by atoms with Gasteiger partial charge >= 0.3 is 0 Å². The molecule has 6 heteroatoms. The van der Waals surface area contributed by atoms with Crippen LogP contribution in [0.4, 0.5) is 5.95 Å². The van der Waals surface area contributed by atoms with Gasteiger partial charge < -0.3 is 9.64 Å². The fraction of sp³-hybridized carbons (Fsp3) is 0.368. The van der Waals surface area contributed by atoms with Crippen molar-refractivity contribution in [3.63, 3.8) is 0 Å². The van der Waals surface area contributed by atoms with Crippen LogP contribution >= 0.6 is 11.6 Å². The lowest BCUT2D eigenvalue weighted by atomic mass is 10.2. The predicted molar refractivity (Wildman–Crippen MR) is 99.9 cm³/mol. The van der Waals surface area contributed by atoms with E-state index in [0.29, 0.717) is 10.8 Å². The van der Waals surface area contributed by atoms with Crippen LogP contribution in [0.5, 0.6) is 11.5 Å². The number of aromatic nitrogens is 3. The van der Waals surface area contributed by atoms with Gasteiger partial charge in [0, 0.05) is 29.9 Å². The lowest BCUT2D eigenvalue weighted by Gasteiger charge is -2.19. The molecule has 0 radical (unpaired) electrons. The average Bonchev–Trinajstić information content (AvgIpc) is 2.87. The number of halogens is 1. The minimum atomic E-state index is 0.682. The van der Waals surface area contributed by atoms with E-state index in [0.717, 1.165) is 36.0 Å². The van der Waals surface area contributed by atoms with Gasteiger partial charge in [-0.15, -0.1) is 10.2 Å². The molecule has 0 amide bonds. The SMILES string of the molecule is Cc1c(Cl)cccc1Oc1cccn2c(N3CCCCCC3)nnc12. The quantitative estimate of drug-likeness (QED) is 0.671. The van der Waals surface area contributed by atoms with Crippen molar-refractivity contribution in [2.45, 2.75) is 32.6 Å². The molecule has 0 aliphatic carbocycles. The first-order valence-electron chi connectivity index (χ1n) is 8.76. The molecular formula is C19H21ClN4O. The van der Waals surface area contributed by atoms with E-state index in [2.05, 4.69) is 15.1 Å². The molecule has 0 N–H and O–H groups in total. The molecule has 0 atom stereocenters. The summed E-state index contributed by atoms with van der Waals surface area (Å²) in [5.74, 6) is 2.31. The van der Waals surface area contributed by atoms with E-state index >= 15 is 0 Å². The summed E-state index contributed by atoms with van der Waals surface area (Å²) in [4.78, 5) is 2.32. The molecule has 3 heterocycles. The van der Waals surface area contributed by atoms with E-state index in [1.807, 2.05) is 47.9 Å². The number of benzene rings is 1. The third kappa shape index (κ3) is 3.16. The molecule has 0 saturated carbocycles. The van der Waals surface area contributed by atoms with Gasteiger partial charge in [-0.2, -0.15) is 0 Å². The molecule has 130 valence electrons. The summed E-state index contributed by atoms with van der Waals surface area (Å²) in [7, 11) is 0. The van der Waals surface area contributed by atoms with Gasteiger partial charge in [-0.25, -0.2) is 0 Å². The molecule has 1 aliphatic rings. The molecule has 0 bridgehead atoms. The average molecular weight is 357 g/mol. The smallest absolute Gasteiger partial charge is 0.231 e. The number of fused-ring (bicyclic) bond motifs is 1. The number of ether oxygens (including phenoxy) is 1. The molecular weight excluding hydrogens is 336 g/mol. The van der Waals surface area contributed by atoms with Crippen LogP contribution in [0.1, 0.15) is 31.2 Å². The van der Waals surface area contributed by atoms with Crippen LogP contribution in [0.3, 0.4) is 0 Å². The molecule has 1 aromatic carbocycles. The first kappa shape index (κ1) is 16.2. The first-order chi connectivity index (χ1) is 12.2. The zero-order valence-electron chi connectivity index (χ0n) is 14.3. The Morgan fingerprint density at radius 1 is 0.960 bits per heavy atom. The van der Waals surface area contributed by atoms with E-state index in [9.17, 15) is 0 Å². The second-order valence-electron chi connectivity index (χ2n) is 6.43. The third-order valence-electron chi connectivity index (χ3n) is 4.71. The topological polar surface area (TPSA) is 42.7 Å². The molecule has 25 heavy (non-hydrogen) atoms. The molecule has 0 spiro atoms. The Bertz CT molecular complexity index is 884. The Hall–Kier alpha value is -2.27. The highest BCUT2D eigenvalue weighted by molar-refractivity contribution is 6.31. The van der Waals surface area contributed by atoms with Gasteiger partial charge in [0.15, 0.2) is 5.75 Å². The van der Waals surface area contributed by atoms with Crippen molar-refractivity contribution in [2.75, 3.05) is 18.0 Å². The lowest BCUT2D eigenvalue weighted by Crippen LogP contribution is -2.26. The van der Waals surface area contributed by atoms with Gasteiger partial charge in [0.2, 0.25) is 11.6 Å². The van der Waals surface area contributed by atoms with Crippen LogP contribution in [0.15, 0.2) is 36.5 Å². The minimum Gasteiger partial charge on any atom is -0.453 e. The summed E-state index contributed by atoms with van der Waals surface area (Å²) in [5, 5.41) is 9.51. The van der Waals surface area contributed by atoms with E-state index in [1.165, 1.54) is 25.7 Å². The molecule has 1 aliphatic heterocycles. The molecule has 3 aromatic rings. The number of pyridine rings is 1. The Balaban J connectivity index is 1.70. The van der Waals surface area contributed by atoms with Crippen molar-refractivity contribution in [3.05, 3.63) is 47.1 Å². The maximum atomic E-state index is 6.20. The van der Waals surface area contributed by atoms with Crippen LogP contribution in [0, 0.1) is 6.92 Å². The molecule has 2 aromatic heterocycles. The standard InChI is InChI=1S/C19H21ClN4O/c1-14-15(20)8-6-9-16(14)25-17-10-7-13-24-18(17)21-22-19(24)23-11-4-2-3-5-12-23/h6-10,13H,2-5,11-12H2,1H3. The molecule has 1 fully saturated rings. The fourth-order valence-electron chi connectivity index (χ4n) is 3.26. The van der Waals surface area contributed by atoms with Crippen LogP contribution < -0.4 is 9.64 Å². The maximum absolute atomic E-state index is 6.20. The second-order valence-corrected chi connectivity index (χ2v) is 6.84. The van der Waals surface area contributed by atoms with Crippen molar-refractivity contribution >= 4 is 23.2 Å². The Kier molecular flexibility index (Phi) is 4.49. The van der Waals surface area contributed by atoms with Gasteiger partial charge in [0.05, 0.1) is 0 Å². The predicted octanol–water partition coefficient (Wildman–Crippen LogP) is 4.86. The van der Waals surface area contributed by atoms with E-state index < -0.39 is 0 Å². The zero-order valence-corrected chi connectivity index (χ0v) is 15.0. The molecule has 0 unspecified atom stereocenters. The summed E-state index contributed by atoms with van der Waals surface area (Å²) < 4.78 is 8.12. The number of hydrogen-bond donors (Lipinski definition) is 0. The van der Waals surface area contributed by atoms with Crippen molar-refractivity contribution in [2.24, 2.45) is 0 Å². The minimum absolute atomic E-state index is 0.682. The maximum Gasteiger partial charge on any atom is 0.231 e. The summed E-state index contributed by atoms with van der Waals surface area (Å²) in [5.41, 5.74) is 1.64. The van der Waals surface area contributed by atoms with Crippen LogP contribution in [-0.2, 0) is 0 Å². The number of rotatable bonds is 3. The van der Waals surface area contributed by atoms with E-state index in [4.69, 9.17) is 16.3 Å². The van der Waals surface area contributed by atoms with Crippen molar-refractivity contribution in [1.29, 1.82) is 0 Å². The fourth-order valence-corrected chi connectivity index (χ4v) is 3.43. The van der Waals surface area contributed by atoms with Crippen molar-refractivity contribution < 1.29 is 4.74 Å². The van der Waals surface area contributed by atoms with E-state index in [-0.39, 0.29) is 0 Å². The summed E-state index contributed by atoms with van der Waals surface area (Å²) >= 11 is 6.20. The Labute approximate surface area is 152 Å². The second kappa shape index (κ2) is 6.92. The number of hydrogen-bond acceptors (Lipinski definition) is 4. The zero-order chi connectivity index (χ0) is 17.2. The highest BCUT2D eigenvalue weighted by atomic mass is 35.5. The van der Waals surface area contributed by atoms with Crippen LogP contribution in [0.25, 0.3) is 5.65 Å². The van der Waals surface area contributed by atoms with Crippen LogP contribution in [0.2, 0.25) is 5.02 Å². The normalized spacial score (nSPS) is 15.4. The monoisotopic (exact) mass is 356 g/mol. The Morgan fingerprint density at radius 3 is 2.52 bits per heavy atom. The third-order valence-corrected chi connectivity index (χ3v) is 5.12. The van der Waals surface area contributed by atoms with E-state index in [1.54, 1.807) is 0 Å². The number of nitrogens with zero attached hydrogens (tertiary/aromatic N) is 4. The first-order valence-corrected chi connectivity index (χ1v) is 9.13. The highest BCUT2D eigenvalue weighted by Gasteiger charge is 2.18. The molecule has 4 rings (SSSR count). The largest absolute Gasteiger partial charge is 0.453 e. The summed E-state index contributed by atoms with van der Waals surface area (Å²) in [6.45, 7) is 4.00.